The Bertz CT molecular complexity index is 1680. The van der Waals surface area contributed by atoms with E-state index in [2.05, 4.69) is 0 Å². The minimum atomic E-state index is -4.26. The molecule has 4 unspecified atom stereocenters. The van der Waals surface area contributed by atoms with Gasteiger partial charge in [0.2, 0.25) is 0 Å². The van der Waals surface area contributed by atoms with Gasteiger partial charge in [0.1, 0.15) is 12.1 Å². The van der Waals surface area contributed by atoms with Crippen LogP contribution in [0.15, 0.2) is 12.1 Å². The van der Waals surface area contributed by atoms with Gasteiger partial charge in [-0.1, -0.05) is 27.5 Å². The number of piperidine rings is 1. The van der Waals surface area contributed by atoms with Crippen molar-refractivity contribution in [1.82, 2.24) is 4.90 Å². The van der Waals surface area contributed by atoms with Crippen LogP contribution in [-0.4, -0.2) is 50.2 Å². The number of rotatable bonds is 7. The Balaban J connectivity index is 2.54. The fraction of sp³-hybridized carbons (Fsp3) is 0.708. The molecule has 2 aliphatic rings. The molecule has 2 aliphatic heterocycles. The van der Waals surface area contributed by atoms with Gasteiger partial charge in [0.05, 0.1) is 25.1 Å². The molecule has 5 atom stereocenters. The van der Waals surface area contributed by atoms with Crippen molar-refractivity contribution in [2.75, 3.05) is 27.2 Å². The lowest BCUT2D eigenvalue weighted by atomic mass is 9.79. The molecule has 2 heterocycles. The number of nitrogens with zero attached hydrogens (tertiary/aromatic N) is 1. The highest BCUT2D eigenvalue weighted by Gasteiger charge is 2.41. The summed E-state index contributed by atoms with van der Waals surface area (Å²) < 4.78 is 223. The zero-order valence-corrected chi connectivity index (χ0v) is 16.1. The van der Waals surface area contributed by atoms with Gasteiger partial charge in [-0.3, -0.25) is 9.69 Å². The molecule has 0 bridgehead atoms. The second-order valence-electron chi connectivity index (χ2n) is 6.40. The van der Waals surface area contributed by atoms with Crippen molar-refractivity contribution < 1.29 is 53.3 Å². The third kappa shape index (κ3) is 4.75. The summed E-state index contributed by atoms with van der Waals surface area (Å²) in [6.07, 6.45) is -12.7. The zero-order chi connectivity index (χ0) is 43.7. The van der Waals surface area contributed by atoms with Crippen LogP contribution >= 0.6 is 0 Å². The summed E-state index contributed by atoms with van der Waals surface area (Å²) >= 11 is 0. The first-order valence-electron chi connectivity index (χ1n) is 21.1. The molecule has 168 valence electrons. The summed E-state index contributed by atoms with van der Waals surface area (Å²) in [6, 6.07) is -9.88. The lowest BCUT2D eigenvalue weighted by Crippen LogP contribution is -2.51. The SMILES string of the molecule is [2H]c1c(OC)c(OC([2H])([2H])[2H])c([2H])c2c1C1([2H])CC([2H])(OC(=O)[C@@]([2H])(N)C([2H])(C([2H])([2H])[2H])C([2H])([2H])[2H])C(C([2H])([2H])C([2H])(C)C([2H])([2H])[2H])CN1C([2H])([2H])C2([2H])[2H]. The van der Waals surface area contributed by atoms with Gasteiger partial charge in [-0.05, 0) is 47.7 Å². The Labute approximate surface area is 216 Å². The van der Waals surface area contributed by atoms with Gasteiger partial charge in [-0.15, -0.1) is 0 Å². The summed E-state index contributed by atoms with van der Waals surface area (Å²) in [5.41, 5.74) is 3.36. The highest BCUT2D eigenvalue weighted by Crippen LogP contribution is 2.44. The number of ether oxygens (including phenoxy) is 3. The largest absolute Gasteiger partial charge is 0.493 e. The van der Waals surface area contributed by atoms with E-state index < -0.39 is 136 Å². The molecular formula is C24H38N2O4. The average molecular weight is 444 g/mol. The molecular weight excluding hydrogens is 380 g/mol. The Morgan fingerprint density at radius 3 is 2.97 bits per heavy atom. The number of esters is 1. The fourth-order valence-corrected chi connectivity index (χ4v) is 3.00. The molecule has 0 aliphatic carbocycles. The topological polar surface area (TPSA) is 74.0 Å². The van der Waals surface area contributed by atoms with E-state index >= 15 is 0 Å². The molecule has 1 aromatic rings. The minimum absolute atomic E-state index is 0.193. The zero-order valence-electron chi connectivity index (χ0n) is 41.1. The van der Waals surface area contributed by atoms with Crippen LogP contribution in [0.1, 0.15) is 91.7 Å². The number of carbonyl (C=O) groups excluding carboxylic acids is 1. The number of hydrogen-bond acceptors (Lipinski definition) is 6. The van der Waals surface area contributed by atoms with Crippen molar-refractivity contribution in [2.45, 2.75) is 64.8 Å². The van der Waals surface area contributed by atoms with Crippen LogP contribution in [-0.2, 0) is 15.9 Å². The number of benzene rings is 1. The maximum atomic E-state index is 13.8. The Kier molecular flexibility index (Phi) is 2.18. The first-order chi connectivity index (χ1) is 23.9. The number of fused-ring (bicyclic) bond motifs is 3. The monoisotopic (exact) mass is 443 g/mol. The molecule has 6 heteroatoms. The maximum absolute atomic E-state index is 13.8. The highest BCUT2D eigenvalue weighted by molar-refractivity contribution is 5.76. The average Bonchev–Trinajstić information content (AvgIpc) is 2.94. The van der Waals surface area contributed by atoms with Crippen LogP contribution in [0.5, 0.6) is 11.5 Å². The van der Waals surface area contributed by atoms with E-state index in [1.165, 1.54) is 0 Å². The summed E-state index contributed by atoms with van der Waals surface area (Å²) in [5.74, 6) is -14.9. The van der Waals surface area contributed by atoms with Gasteiger partial charge >= 0.3 is 5.97 Å². The van der Waals surface area contributed by atoms with Crippen LogP contribution in [0.4, 0.5) is 0 Å². The summed E-state index contributed by atoms with van der Waals surface area (Å²) in [4.78, 5) is 14.0. The molecule has 2 N–H and O–H groups in total. The lowest BCUT2D eigenvalue weighted by molar-refractivity contribution is -0.160. The predicted molar refractivity (Wildman–Crippen MR) is 118 cm³/mol. The Morgan fingerprint density at radius 2 is 2.27 bits per heavy atom. The van der Waals surface area contributed by atoms with Crippen molar-refractivity contribution >= 4 is 5.97 Å². The normalized spacial score (nSPS) is 50.9. The van der Waals surface area contributed by atoms with E-state index in [0.717, 1.165) is 7.11 Å². The van der Waals surface area contributed by atoms with E-state index in [4.69, 9.17) is 51.5 Å². The molecule has 0 aromatic heterocycles. The number of methoxy groups -OCH3 is 2. The minimum Gasteiger partial charge on any atom is -0.493 e. The van der Waals surface area contributed by atoms with Crippen LogP contribution in [0.3, 0.4) is 0 Å². The van der Waals surface area contributed by atoms with Crippen molar-refractivity contribution in [3.05, 3.63) is 23.2 Å². The molecule has 0 saturated carbocycles. The van der Waals surface area contributed by atoms with E-state index in [0.29, 0.717) is 6.92 Å². The predicted octanol–water partition coefficient (Wildman–Crippen LogP) is 3.56. The van der Waals surface area contributed by atoms with Gasteiger partial charge in [0, 0.05) is 54.7 Å². The van der Waals surface area contributed by atoms with Crippen LogP contribution < -0.4 is 15.2 Å². The lowest BCUT2D eigenvalue weighted by Gasteiger charge is -2.47. The molecule has 0 radical (unpaired) electrons. The number of hydrogen-bond donors (Lipinski definition) is 1. The molecule has 30 heavy (non-hydrogen) atoms. The van der Waals surface area contributed by atoms with Gasteiger partial charge in [0.15, 0.2) is 11.5 Å². The van der Waals surface area contributed by atoms with Crippen molar-refractivity contribution in [1.29, 1.82) is 0 Å². The standard InChI is InChI=1S/C24H38N2O4/c1-14(2)9-17-13-26-8-7-16-10-21(28-5)22(29-6)11-18(16)19(26)12-20(17)30-24(27)23(25)15(3)4/h10-11,14-15,17,19-20,23H,7-9,12-13,25H2,1-6H3/t17?,19?,20?,23-/m0/s1/i1D3,3D3,4D3,5D3,7D2,8D2,9D2,10D,11D,14D,15D,19D,20D,23D/t14?,17?,19?,20?,23-. The molecule has 3 rings (SSSR count). The Morgan fingerprint density at radius 1 is 1.47 bits per heavy atom. The smallest absolute Gasteiger partial charge is 0.323 e. The van der Waals surface area contributed by atoms with Gasteiger partial charge in [-0.25, -0.2) is 0 Å². The first kappa shape index (κ1) is 6.85. The summed E-state index contributed by atoms with van der Waals surface area (Å²) in [7, 11) is -2.53. The second-order valence-corrected chi connectivity index (χ2v) is 6.40. The van der Waals surface area contributed by atoms with Crippen molar-refractivity contribution in [3.8, 4) is 11.5 Å². The Hall–Kier alpha value is -1.79. The van der Waals surface area contributed by atoms with Gasteiger partial charge in [0.25, 0.3) is 0 Å². The fourth-order valence-electron chi connectivity index (χ4n) is 3.00. The van der Waals surface area contributed by atoms with Crippen LogP contribution in [0, 0.1) is 17.7 Å². The molecule has 1 fully saturated rings. The molecule has 0 amide bonds. The van der Waals surface area contributed by atoms with Crippen molar-refractivity contribution in [3.63, 3.8) is 0 Å². The maximum Gasteiger partial charge on any atom is 0.323 e. The first-order valence-corrected chi connectivity index (χ1v) is 8.63. The molecule has 1 saturated heterocycles. The van der Waals surface area contributed by atoms with Crippen LogP contribution in [0.25, 0.3) is 0 Å². The number of nitrogens with two attached hydrogens (primary N) is 1. The van der Waals surface area contributed by atoms with Crippen LogP contribution in [0.2, 0.25) is 0 Å². The third-order valence-electron chi connectivity index (χ3n) is 4.37. The molecule has 0 spiro atoms. The van der Waals surface area contributed by atoms with E-state index in [1.54, 1.807) is 0 Å². The highest BCUT2D eigenvalue weighted by atomic mass is 16.5. The quantitative estimate of drug-likeness (QED) is 0.650. The summed E-state index contributed by atoms with van der Waals surface area (Å²) in [6.45, 7) is -16.5. The van der Waals surface area contributed by atoms with Crippen molar-refractivity contribution in [2.24, 2.45) is 23.4 Å². The second kappa shape index (κ2) is 9.56. The van der Waals surface area contributed by atoms with Gasteiger partial charge in [-0.2, -0.15) is 0 Å². The summed E-state index contributed by atoms with van der Waals surface area (Å²) in [5, 5.41) is 0. The molecule has 1 aromatic carbocycles. The third-order valence-corrected chi connectivity index (χ3v) is 4.37. The van der Waals surface area contributed by atoms with Gasteiger partial charge < -0.3 is 19.9 Å². The van der Waals surface area contributed by atoms with E-state index in [9.17, 15) is 7.54 Å². The van der Waals surface area contributed by atoms with E-state index in [-0.39, 0.29) is 4.90 Å². The number of carbonyl (C=O) groups is 1. The van der Waals surface area contributed by atoms with E-state index in [1.807, 2.05) is 0 Å². The molecule has 6 nitrogen and oxygen atoms in total.